The molecule has 3 aliphatic heterocycles. The third kappa shape index (κ3) is 3.31. The van der Waals surface area contributed by atoms with E-state index in [9.17, 15) is 9.59 Å². The maximum Gasteiger partial charge on any atom is 0.407 e. The van der Waals surface area contributed by atoms with Gasteiger partial charge < -0.3 is 15.0 Å². The Kier molecular flexibility index (Phi) is 4.31. The van der Waals surface area contributed by atoms with Crippen LogP contribution in [0.3, 0.4) is 0 Å². The first-order chi connectivity index (χ1) is 12.0. The molecule has 2 amide bonds. The van der Waals surface area contributed by atoms with E-state index in [0.29, 0.717) is 43.9 Å². The molecular weight excluding hydrogens is 344 g/mol. The number of alkyl carbamates (subject to hydrolysis) is 1. The van der Waals surface area contributed by atoms with Crippen LogP contribution in [0.25, 0.3) is 0 Å². The number of nitrogens with zero attached hydrogens (tertiary/aromatic N) is 1. The lowest BCUT2D eigenvalue weighted by Gasteiger charge is -2.38. The van der Waals surface area contributed by atoms with E-state index in [-0.39, 0.29) is 24.1 Å². The molecule has 0 bridgehead atoms. The van der Waals surface area contributed by atoms with Gasteiger partial charge in [-0.1, -0.05) is 23.7 Å². The minimum Gasteiger partial charge on any atom is -0.441 e. The number of hydrogen-bond acceptors (Lipinski definition) is 5. The molecule has 3 N–H and O–H groups in total. The molecule has 4 rings (SSSR count). The lowest BCUT2D eigenvalue weighted by molar-refractivity contribution is -0.136. The predicted octanol–water partition coefficient (Wildman–Crippen LogP) is 1.35. The van der Waals surface area contributed by atoms with Gasteiger partial charge in [0.1, 0.15) is 11.6 Å². The van der Waals surface area contributed by atoms with Gasteiger partial charge >= 0.3 is 6.09 Å². The lowest BCUT2D eigenvalue weighted by Crippen LogP contribution is -2.53. The van der Waals surface area contributed by atoms with Crippen LogP contribution in [-0.2, 0) is 9.53 Å². The van der Waals surface area contributed by atoms with Gasteiger partial charge in [-0.3, -0.25) is 4.79 Å². The first kappa shape index (κ1) is 16.6. The van der Waals surface area contributed by atoms with Crippen molar-refractivity contribution in [2.45, 2.75) is 36.9 Å². The molecule has 0 aromatic heterocycles. The van der Waals surface area contributed by atoms with Gasteiger partial charge in [-0.2, -0.15) is 0 Å². The summed E-state index contributed by atoms with van der Waals surface area (Å²) in [7, 11) is 0. The highest BCUT2D eigenvalue weighted by Crippen LogP contribution is 2.30. The van der Waals surface area contributed by atoms with Gasteiger partial charge in [-0.25, -0.2) is 15.6 Å². The van der Waals surface area contributed by atoms with Crippen molar-refractivity contribution in [2.24, 2.45) is 0 Å². The van der Waals surface area contributed by atoms with E-state index in [1.807, 2.05) is 29.2 Å². The molecular formula is C17H21ClN4O3. The SMILES string of the molecule is O=C1NCC2(CCN(C(=O)C3CC(c4ccc(Cl)cc4)NN3)CC2)O1. The van der Waals surface area contributed by atoms with Crippen LogP contribution in [0, 0.1) is 0 Å². The zero-order valence-corrected chi connectivity index (χ0v) is 14.5. The van der Waals surface area contributed by atoms with E-state index in [0.717, 1.165) is 5.56 Å². The molecule has 7 nitrogen and oxygen atoms in total. The van der Waals surface area contributed by atoms with Gasteiger partial charge in [0.25, 0.3) is 0 Å². The number of halogens is 1. The van der Waals surface area contributed by atoms with Crippen LogP contribution >= 0.6 is 11.6 Å². The van der Waals surface area contributed by atoms with Crippen molar-refractivity contribution in [1.82, 2.24) is 21.1 Å². The van der Waals surface area contributed by atoms with Crippen LogP contribution in [0.1, 0.15) is 30.9 Å². The normalized spacial score (nSPS) is 28.0. The van der Waals surface area contributed by atoms with Gasteiger partial charge in [0, 0.05) is 37.0 Å². The summed E-state index contributed by atoms with van der Waals surface area (Å²) in [6.45, 7) is 1.75. The molecule has 3 heterocycles. The number of hydrogen-bond donors (Lipinski definition) is 3. The van der Waals surface area contributed by atoms with Gasteiger partial charge in [0.15, 0.2) is 0 Å². The van der Waals surface area contributed by atoms with Crippen molar-refractivity contribution in [3.05, 3.63) is 34.9 Å². The largest absolute Gasteiger partial charge is 0.441 e. The van der Waals surface area contributed by atoms with Crippen molar-refractivity contribution < 1.29 is 14.3 Å². The highest BCUT2D eigenvalue weighted by molar-refractivity contribution is 6.30. The molecule has 0 aliphatic carbocycles. The van der Waals surface area contributed by atoms with Crippen LogP contribution in [-0.4, -0.2) is 48.2 Å². The van der Waals surface area contributed by atoms with E-state index in [1.54, 1.807) is 0 Å². The highest BCUT2D eigenvalue weighted by Gasteiger charge is 2.44. The Hall–Kier alpha value is -1.83. The highest BCUT2D eigenvalue weighted by atomic mass is 35.5. The number of ether oxygens (including phenoxy) is 1. The first-order valence-corrected chi connectivity index (χ1v) is 8.95. The number of nitrogens with one attached hydrogen (secondary N) is 3. The van der Waals surface area contributed by atoms with Crippen molar-refractivity contribution in [3.8, 4) is 0 Å². The Morgan fingerprint density at radius 2 is 1.92 bits per heavy atom. The number of hydrazine groups is 1. The number of piperidine rings is 1. The van der Waals surface area contributed by atoms with Crippen molar-refractivity contribution in [2.75, 3.05) is 19.6 Å². The van der Waals surface area contributed by atoms with Gasteiger partial charge in [-0.15, -0.1) is 0 Å². The summed E-state index contributed by atoms with van der Waals surface area (Å²) >= 11 is 5.93. The average Bonchev–Trinajstić information content (AvgIpc) is 3.23. The summed E-state index contributed by atoms with van der Waals surface area (Å²) < 4.78 is 5.40. The zero-order chi connectivity index (χ0) is 17.4. The number of rotatable bonds is 2. The van der Waals surface area contributed by atoms with Gasteiger partial charge in [0.05, 0.1) is 6.54 Å². The van der Waals surface area contributed by atoms with E-state index in [4.69, 9.17) is 16.3 Å². The van der Waals surface area contributed by atoms with Crippen LogP contribution in [0.4, 0.5) is 4.79 Å². The third-order valence-electron chi connectivity index (χ3n) is 5.32. The minimum absolute atomic E-state index is 0.0855. The van der Waals surface area contributed by atoms with Gasteiger partial charge in [-0.05, 0) is 24.1 Å². The minimum atomic E-state index is -0.430. The summed E-state index contributed by atoms with van der Waals surface area (Å²) in [4.78, 5) is 25.9. The third-order valence-corrected chi connectivity index (χ3v) is 5.58. The maximum atomic E-state index is 12.8. The number of carbonyl (C=O) groups excluding carboxylic acids is 2. The molecule has 3 aliphatic rings. The van der Waals surface area contributed by atoms with Crippen LogP contribution in [0.2, 0.25) is 5.02 Å². The van der Waals surface area contributed by atoms with Crippen LogP contribution < -0.4 is 16.2 Å². The molecule has 1 aromatic carbocycles. The molecule has 1 spiro atoms. The molecule has 0 radical (unpaired) electrons. The number of carbonyl (C=O) groups is 2. The van der Waals surface area contributed by atoms with E-state index < -0.39 is 5.60 Å². The molecule has 3 fully saturated rings. The summed E-state index contributed by atoms with van der Waals surface area (Å²) in [5.74, 6) is 0.0936. The Bertz CT molecular complexity index is 673. The topological polar surface area (TPSA) is 82.7 Å². The molecule has 134 valence electrons. The fraction of sp³-hybridized carbons (Fsp3) is 0.529. The Labute approximate surface area is 151 Å². The monoisotopic (exact) mass is 364 g/mol. The summed E-state index contributed by atoms with van der Waals surface area (Å²) in [5, 5.41) is 3.41. The molecule has 1 aromatic rings. The zero-order valence-electron chi connectivity index (χ0n) is 13.8. The van der Waals surface area contributed by atoms with Crippen LogP contribution in [0.5, 0.6) is 0 Å². The molecule has 8 heteroatoms. The van der Waals surface area contributed by atoms with Gasteiger partial charge in [0.2, 0.25) is 5.91 Å². The maximum absolute atomic E-state index is 12.8. The second-order valence-electron chi connectivity index (χ2n) is 6.93. The summed E-state index contributed by atoms with van der Waals surface area (Å²) in [5.41, 5.74) is 6.99. The summed E-state index contributed by atoms with van der Waals surface area (Å²) in [6.07, 6.45) is 1.70. The molecule has 3 saturated heterocycles. The average molecular weight is 365 g/mol. The first-order valence-electron chi connectivity index (χ1n) is 8.57. The molecule has 0 saturated carbocycles. The lowest BCUT2D eigenvalue weighted by atomic mass is 9.91. The Morgan fingerprint density at radius 1 is 1.20 bits per heavy atom. The quantitative estimate of drug-likeness (QED) is 0.738. The second-order valence-corrected chi connectivity index (χ2v) is 7.37. The second kappa shape index (κ2) is 6.48. The molecule has 2 unspecified atom stereocenters. The Balaban J connectivity index is 1.33. The number of benzene rings is 1. The fourth-order valence-corrected chi connectivity index (χ4v) is 3.89. The standard InChI is InChI=1S/C17H21ClN4O3/c18-12-3-1-11(2-4-12)13-9-14(21-20-13)15(23)22-7-5-17(6-8-22)10-19-16(24)25-17/h1-4,13-14,20-21H,5-10H2,(H,19,24). The Morgan fingerprint density at radius 3 is 2.56 bits per heavy atom. The van der Waals surface area contributed by atoms with Crippen LogP contribution in [0.15, 0.2) is 24.3 Å². The van der Waals surface area contributed by atoms with E-state index in [1.165, 1.54) is 0 Å². The van der Waals surface area contributed by atoms with Crippen molar-refractivity contribution in [3.63, 3.8) is 0 Å². The number of amides is 2. The molecule has 25 heavy (non-hydrogen) atoms. The van der Waals surface area contributed by atoms with Crippen molar-refractivity contribution in [1.29, 1.82) is 0 Å². The van der Waals surface area contributed by atoms with Crippen molar-refractivity contribution >= 4 is 23.6 Å². The van der Waals surface area contributed by atoms with E-state index in [2.05, 4.69) is 16.2 Å². The van der Waals surface area contributed by atoms with E-state index >= 15 is 0 Å². The smallest absolute Gasteiger partial charge is 0.407 e. The fourth-order valence-electron chi connectivity index (χ4n) is 3.77. The summed E-state index contributed by atoms with van der Waals surface area (Å²) in [6, 6.07) is 7.49. The number of likely N-dealkylation sites (tertiary alicyclic amines) is 1. The predicted molar refractivity (Wildman–Crippen MR) is 91.9 cm³/mol. The molecule has 2 atom stereocenters.